The Hall–Kier alpha value is -1.92. The van der Waals surface area contributed by atoms with Gasteiger partial charge in [-0.1, -0.05) is 27.5 Å². The van der Waals surface area contributed by atoms with E-state index in [1.165, 1.54) is 12.1 Å². The lowest BCUT2D eigenvalue weighted by atomic mass is 10.1. The van der Waals surface area contributed by atoms with Crippen molar-refractivity contribution < 1.29 is 14.0 Å². The van der Waals surface area contributed by atoms with Gasteiger partial charge in [0.25, 0.3) is 0 Å². The number of nitrogens with one attached hydrogen (secondary N) is 1. The van der Waals surface area contributed by atoms with Crippen LogP contribution in [0.3, 0.4) is 0 Å². The van der Waals surface area contributed by atoms with Crippen molar-refractivity contribution in [3.8, 4) is 0 Å². The summed E-state index contributed by atoms with van der Waals surface area (Å²) < 4.78 is 14.4. The Kier molecular flexibility index (Phi) is 4.87. The zero-order valence-corrected chi connectivity index (χ0v) is 14.8. The summed E-state index contributed by atoms with van der Waals surface area (Å²) in [6, 6.07) is 11.2. The topological polar surface area (TPSA) is 49.4 Å². The molecule has 24 heavy (non-hydrogen) atoms. The predicted molar refractivity (Wildman–Crippen MR) is 94.6 cm³/mol. The second kappa shape index (κ2) is 6.91. The number of carbonyl (C=O) groups is 2. The number of nitrogens with zero attached hydrogens (tertiary/aromatic N) is 1. The van der Waals surface area contributed by atoms with Gasteiger partial charge in [-0.15, -0.1) is 0 Å². The maximum absolute atomic E-state index is 13.8. The average molecular weight is 412 g/mol. The highest BCUT2D eigenvalue weighted by atomic mass is 79.9. The van der Waals surface area contributed by atoms with Gasteiger partial charge < -0.3 is 10.2 Å². The van der Waals surface area contributed by atoms with Crippen LogP contribution in [0.5, 0.6) is 0 Å². The van der Waals surface area contributed by atoms with Gasteiger partial charge in [-0.3, -0.25) is 9.59 Å². The predicted octanol–water partition coefficient (Wildman–Crippen LogP) is 4.23. The highest BCUT2D eigenvalue weighted by Crippen LogP contribution is 2.27. The smallest absolute Gasteiger partial charge is 0.229 e. The van der Waals surface area contributed by atoms with Gasteiger partial charge >= 0.3 is 0 Å². The Labute approximate surface area is 151 Å². The summed E-state index contributed by atoms with van der Waals surface area (Å²) in [7, 11) is 0. The van der Waals surface area contributed by atoms with Gasteiger partial charge in [0.05, 0.1) is 11.6 Å². The minimum absolute atomic E-state index is 0.0899. The molecule has 0 bridgehead atoms. The van der Waals surface area contributed by atoms with E-state index in [1.807, 2.05) is 0 Å². The molecular formula is C17H13BrClFN2O2. The standard InChI is InChI=1S/C17H13BrClFN2O2/c18-11-1-6-15(14(20)8-11)21-17(24)10-7-16(23)22(9-10)13-4-2-12(19)3-5-13/h1-6,8,10H,7,9H2,(H,21,24)/t10-/m0/s1. The van der Waals surface area contributed by atoms with Crippen molar-refractivity contribution in [2.45, 2.75) is 6.42 Å². The Morgan fingerprint density at radius 2 is 1.96 bits per heavy atom. The first-order valence-electron chi connectivity index (χ1n) is 7.26. The lowest BCUT2D eigenvalue weighted by Gasteiger charge is -2.17. The SMILES string of the molecule is O=C(Nc1ccc(Br)cc1F)[C@H]1CC(=O)N(c2ccc(Cl)cc2)C1. The third-order valence-corrected chi connectivity index (χ3v) is 4.57. The molecule has 1 aliphatic heterocycles. The number of rotatable bonds is 3. The number of hydrogen-bond donors (Lipinski definition) is 1. The van der Waals surface area contributed by atoms with E-state index in [4.69, 9.17) is 11.6 Å². The molecule has 0 aliphatic carbocycles. The molecular weight excluding hydrogens is 399 g/mol. The second-order valence-electron chi connectivity index (χ2n) is 5.50. The van der Waals surface area contributed by atoms with Gasteiger partial charge in [-0.2, -0.15) is 0 Å². The van der Waals surface area contributed by atoms with Crippen molar-refractivity contribution in [1.82, 2.24) is 0 Å². The zero-order chi connectivity index (χ0) is 17.3. The molecule has 1 fully saturated rings. The molecule has 3 rings (SSSR count). The number of benzene rings is 2. The van der Waals surface area contributed by atoms with E-state index in [9.17, 15) is 14.0 Å². The van der Waals surface area contributed by atoms with Crippen LogP contribution in [0, 0.1) is 11.7 Å². The van der Waals surface area contributed by atoms with E-state index in [1.54, 1.807) is 35.2 Å². The molecule has 0 aromatic heterocycles. The Bertz CT molecular complexity index is 798. The summed E-state index contributed by atoms with van der Waals surface area (Å²) in [5, 5.41) is 3.12. The molecule has 2 amide bonds. The van der Waals surface area contributed by atoms with Gasteiger partial charge in [0.2, 0.25) is 11.8 Å². The molecule has 1 saturated heterocycles. The third-order valence-electron chi connectivity index (χ3n) is 3.82. The molecule has 1 N–H and O–H groups in total. The summed E-state index contributed by atoms with van der Waals surface area (Å²) in [6.07, 6.45) is 0.0899. The molecule has 1 aliphatic rings. The first-order chi connectivity index (χ1) is 11.4. The van der Waals surface area contributed by atoms with Crippen molar-refractivity contribution in [3.05, 3.63) is 57.8 Å². The number of anilines is 2. The van der Waals surface area contributed by atoms with Gasteiger partial charge in [-0.05, 0) is 42.5 Å². The maximum Gasteiger partial charge on any atom is 0.229 e. The number of amides is 2. The molecule has 4 nitrogen and oxygen atoms in total. The fourth-order valence-electron chi connectivity index (χ4n) is 2.58. The zero-order valence-electron chi connectivity index (χ0n) is 12.4. The summed E-state index contributed by atoms with van der Waals surface area (Å²) in [5.74, 6) is -1.58. The van der Waals surface area contributed by atoms with Crippen LogP contribution in [0.2, 0.25) is 5.02 Å². The number of halogens is 3. The van der Waals surface area contributed by atoms with E-state index in [0.717, 1.165) is 0 Å². The Balaban J connectivity index is 1.70. The van der Waals surface area contributed by atoms with Crippen LogP contribution in [0.1, 0.15) is 6.42 Å². The van der Waals surface area contributed by atoms with Gasteiger partial charge in [-0.25, -0.2) is 4.39 Å². The van der Waals surface area contributed by atoms with Crippen LogP contribution in [0.25, 0.3) is 0 Å². The van der Waals surface area contributed by atoms with E-state index >= 15 is 0 Å². The monoisotopic (exact) mass is 410 g/mol. The minimum atomic E-state index is -0.531. The third kappa shape index (κ3) is 3.60. The van der Waals surface area contributed by atoms with Crippen LogP contribution < -0.4 is 10.2 Å². The number of carbonyl (C=O) groups excluding carboxylic acids is 2. The van der Waals surface area contributed by atoms with Crippen LogP contribution in [0.4, 0.5) is 15.8 Å². The average Bonchev–Trinajstić information content (AvgIpc) is 2.93. The Morgan fingerprint density at radius 1 is 1.25 bits per heavy atom. The lowest BCUT2D eigenvalue weighted by molar-refractivity contribution is -0.122. The van der Waals surface area contributed by atoms with E-state index in [2.05, 4.69) is 21.2 Å². The van der Waals surface area contributed by atoms with E-state index in [0.29, 0.717) is 15.2 Å². The molecule has 2 aromatic carbocycles. The van der Waals surface area contributed by atoms with Gasteiger partial charge in [0, 0.05) is 28.1 Å². The first-order valence-corrected chi connectivity index (χ1v) is 8.43. The molecule has 1 atom stereocenters. The first kappa shape index (κ1) is 16.9. The fraction of sp³-hybridized carbons (Fsp3) is 0.176. The van der Waals surface area contributed by atoms with Crippen LogP contribution in [-0.4, -0.2) is 18.4 Å². The van der Waals surface area contributed by atoms with Crippen LogP contribution in [0.15, 0.2) is 46.9 Å². The van der Waals surface area contributed by atoms with Crippen molar-refractivity contribution in [3.63, 3.8) is 0 Å². The molecule has 7 heteroatoms. The molecule has 0 spiro atoms. The van der Waals surface area contributed by atoms with Gasteiger partial charge in [0.15, 0.2) is 0 Å². The van der Waals surface area contributed by atoms with E-state index in [-0.39, 0.29) is 30.5 Å². The lowest BCUT2D eigenvalue weighted by Crippen LogP contribution is -2.28. The molecule has 1 heterocycles. The van der Waals surface area contributed by atoms with Crippen molar-refractivity contribution in [2.75, 3.05) is 16.8 Å². The number of hydrogen-bond acceptors (Lipinski definition) is 2. The summed E-state index contributed by atoms with van der Waals surface area (Å²) in [6.45, 7) is 0.254. The molecule has 0 radical (unpaired) electrons. The van der Waals surface area contributed by atoms with Crippen LogP contribution >= 0.6 is 27.5 Å². The Morgan fingerprint density at radius 3 is 2.62 bits per heavy atom. The summed E-state index contributed by atoms with van der Waals surface area (Å²) >= 11 is 9.01. The van der Waals surface area contributed by atoms with Gasteiger partial charge in [0.1, 0.15) is 5.82 Å². The maximum atomic E-state index is 13.8. The van der Waals surface area contributed by atoms with Crippen molar-refractivity contribution in [2.24, 2.45) is 5.92 Å². The molecule has 2 aromatic rings. The van der Waals surface area contributed by atoms with Crippen LogP contribution in [-0.2, 0) is 9.59 Å². The highest BCUT2D eigenvalue weighted by Gasteiger charge is 2.35. The molecule has 0 unspecified atom stereocenters. The fourth-order valence-corrected chi connectivity index (χ4v) is 3.04. The highest BCUT2D eigenvalue weighted by molar-refractivity contribution is 9.10. The summed E-state index contributed by atoms with van der Waals surface area (Å²) in [4.78, 5) is 26.1. The molecule has 124 valence electrons. The van der Waals surface area contributed by atoms with Crippen molar-refractivity contribution in [1.29, 1.82) is 0 Å². The van der Waals surface area contributed by atoms with E-state index < -0.39 is 11.7 Å². The second-order valence-corrected chi connectivity index (χ2v) is 6.85. The molecule has 0 saturated carbocycles. The van der Waals surface area contributed by atoms with Crippen molar-refractivity contribution >= 4 is 50.7 Å². The largest absolute Gasteiger partial charge is 0.323 e. The minimum Gasteiger partial charge on any atom is -0.323 e. The summed E-state index contributed by atoms with van der Waals surface area (Å²) in [5.41, 5.74) is 0.787. The normalized spacial score (nSPS) is 17.2. The quantitative estimate of drug-likeness (QED) is 0.821.